The number of ether oxygens (including phenoxy) is 1. The zero-order valence-electron chi connectivity index (χ0n) is 11.1. The van der Waals surface area contributed by atoms with E-state index in [0.29, 0.717) is 30.6 Å². The van der Waals surface area contributed by atoms with Crippen LogP contribution >= 0.6 is 0 Å². The lowest BCUT2D eigenvalue weighted by atomic mass is 9.83. The van der Waals surface area contributed by atoms with Crippen LogP contribution in [0.3, 0.4) is 0 Å². The van der Waals surface area contributed by atoms with E-state index in [1.807, 2.05) is 12.1 Å². The fourth-order valence-corrected chi connectivity index (χ4v) is 3.13. The Hall–Kier alpha value is -2.17. The van der Waals surface area contributed by atoms with E-state index in [9.17, 15) is 14.4 Å². The van der Waals surface area contributed by atoms with Gasteiger partial charge in [0.15, 0.2) is 5.78 Å². The first-order valence-electron chi connectivity index (χ1n) is 6.65. The summed E-state index contributed by atoms with van der Waals surface area (Å²) in [4.78, 5) is 35.7. The summed E-state index contributed by atoms with van der Waals surface area (Å²) >= 11 is 0. The van der Waals surface area contributed by atoms with Gasteiger partial charge in [-0.25, -0.2) is 0 Å². The highest BCUT2D eigenvalue weighted by Crippen LogP contribution is 2.38. The summed E-state index contributed by atoms with van der Waals surface area (Å²) < 4.78 is 5.23. The zero-order chi connectivity index (χ0) is 14.3. The van der Waals surface area contributed by atoms with E-state index >= 15 is 0 Å². The van der Waals surface area contributed by atoms with Crippen molar-refractivity contribution < 1.29 is 19.1 Å². The second-order valence-corrected chi connectivity index (χ2v) is 5.23. The standard InChI is InChI=1S/C15H15NO4/c1-20-11-4-2-3-8-7-10(14(18)13(8)11)9-5-6-12(17)16-15(9)19/h2-4,9-10H,5-7H2,1H3,(H,16,17,19). The molecule has 20 heavy (non-hydrogen) atoms. The topological polar surface area (TPSA) is 72.5 Å². The Balaban J connectivity index is 1.90. The molecule has 2 unspecified atom stereocenters. The summed E-state index contributed by atoms with van der Waals surface area (Å²) in [5.74, 6) is -0.876. The number of carbonyl (C=O) groups is 3. The molecule has 0 spiro atoms. The molecule has 104 valence electrons. The molecule has 1 heterocycles. The summed E-state index contributed by atoms with van der Waals surface area (Å²) in [6.45, 7) is 0. The van der Waals surface area contributed by atoms with Gasteiger partial charge in [-0.3, -0.25) is 19.7 Å². The van der Waals surface area contributed by atoms with Gasteiger partial charge in [0.25, 0.3) is 0 Å². The third-order valence-electron chi connectivity index (χ3n) is 4.12. The average Bonchev–Trinajstić information content (AvgIpc) is 2.76. The van der Waals surface area contributed by atoms with E-state index in [1.54, 1.807) is 6.07 Å². The summed E-state index contributed by atoms with van der Waals surface area (Å²) in [6, 6.07) is 5.49. The number of fused-ring (bicyclic) bond motifs is 1. The van der Waals surface area contributed by atoms with E-state index in [0.717, 1.165) is 5.56 Å². The number of nitrogens with one attached hydrogen (secondary N) is 1. The maximum Gasteiger partial charge on any atom is 0.230 e. The summed E-state index contributed by atoms with van der Waals surface area (Å²) in [7, 11) is 1.53. The van der Waals surface area contributed by atoms with Crippen molar-refractivity contribution in [1.29, 1.82) is 0 Å². The Kier molecular flexibility index (Phi) is 3.04. The molecule has 5 heteroatoms. The van der Waals surface area contributed by atoms with Crippen LogP contribution in [0.2, 0.25) is 0 Å². The number of Topliss-reactive ketones (excluding diaryl/α,β-unsaturated/α-hetero) is 1. The third kappa shape index (κ3) is 1.90. The Morgan fingerprint density at radius 2 is 2.00 bits per heavy atom. The monoisotopic (exact) mass is 273 g/mol. The van der Waals surface area contributed by atoms with Gasteiger partial charge in [-0.1, -0.05) is 12.1 Å². The maximum absolute atomic E-state index is 12.6. The highest BCUT2D eigenvalue weighted by molar-refractivity contribution is 6.08. The molecule has 0 bridgehead atoms. The molecule has 0 aromatic heterocycles. The molecule has 0 saturated carbocycles. The predicted molar refractivity (Wildman–Crippen MR) is 70.4 cm³/mol. The number of hydrogen-bond acceptors (Lipinski definition) is 4. The molecule has 1 N–H and O–H groups in total. The largest absolute Gasteiger partial charge is 0.496 e. The summed E-state index contributed by atoms with van der Waals surface area (Å²) in [5, 5.41) is 2.32. The molecule has 2 aliphatic rings. The molecular weight excluding hydrogens is 258 g/mol. The minimum atomic E-state index is -0.419. The van der Waals surface area contributed by atoms with Crippen molar-refractivity contribution in [3.8, 4) is 5.75 Å². The van der Waals surface area contributed by atoms with Crippen molar-refractivity contribution in [1.82, 2.24) is 5.32 Å². The molecule has 3 rings (SSSR count). The second kappa shape index (κ2) is 4.74. The minimum Gasteiger partial charge on any atom is -0.496 e. The van der Waals surface area contributed by atoms with Crippen molar-refractivity contribution in [3.05, 3.63) is 29.3 Å². The molecule has 1 aliphatic carbocycles. The number of imide groups is 1. The highest BCUT2D eigenvalue weighted by atomic mass is 16.5. The van der Waals surface area contributed by atoms with Crippen molar-refractivity contribution in [2.45, 2.75) is 19.3 Å². The van der Waals surface area contributed by atoms with Crippen molar-refractivity contribution in [2.24, 2.45) is 11.8 Å². The summed E-state index contributed by atoms with van der Waals surface area (Å²) in [5.41, 5.74) is 1.51. The fourth-order valence-electron chi connectivity index (χ4n) is 3.13. The zero-order valence-corrected chi connectivity index (χ0v) is 11.1. The van der Waals surface area contributed by atoms with Crippen molar-refractivity contribution in [2.75, 3.05) is 7.11 Å². The number of benzene rings is 1. The van der Waals surface area contributed by atoms with Gasteiger partial charge >= 0.3 is 0 Å². The maximum atomic E-state index is 12.6. The third-order valence-corrected chi connectivity index (χ3v) is 4.12. The number of ketones is 1. The number of methoxy groups -OCH3 is 1. The summed E-state index contributed by atoms with van der Waals surface area (Å²) in [6.07, 6.45) is 1.28. The molecule has 1 fully saturated rings. The first kappa shape index (κ1) is 12.8. The van der Waals surface area contributed by atoms with Crippen LogP contribution in [0.5, 0.6) is 5.75 Å². The quantitative estimate of drug-likeness (QED) is 0.819. The molecule has 1 saturated heterocycles. The Morgan fingerprint density at radius 1 is 1.20 bits per heavy atom. The molecule has 2 atom stereocenters. The predicted octanol–water partition coefficient (Wildman–Crippen LogP) is 1.10. The van der Waals surface area contributed by atoms with Crippen LogP contribution in [-0.4, -0.2) is 24.7 Å². The molecule has 0 radical (unpaired) electrons. The highest BCUT2D eigenvalue weighted by Gasteiger charge is 2.42. The molecule has 1 aromatic carbocycles. The molecule has 1 aromatic rings. The van der Waals surface area contributed by atoms with Crippen LogP contribution < -0.4 is 10.1 Å². The number of rotatable bonds is 2. The SMILES string of the molecule is COc1cccc2c1C(=O)C(C1CCC(=O)NC1=O)C2. The lowest BCUT2D eigenvalue weighted by Crippen LogP contribution is -2.44. The Morgan fingerprint density at radius 3 is 2.70 bits per heavy atom. The molecule has 2 amide bonds. The molecule has 5 nitrogen and oxygen atoms in total. The van der Waals surface area contributed by atoms with Gasteiger partial charge in [0.1, 0.15) is 5.75 Å². The number of amides is 2. The normalized spacial score (nSPS) is 25.4. The van der Waals surface area contributed by atoms with Crippen LogP contribution in [0.1, 0.15) is 28.8 Å². The van der Waals surface area contributed by atoms with Gasteiger partial charge in [0, 0.05) is 18.3 Å². The van der Waals surface area contributed by atoms with Crippen LogP contribution in [0, 0.1) is 11.8 Å². The smallest absolute Gasteiger partial charge is 0.230 e. The van der Waals surface area contributed by atoms with Gasteiger partial charge in [0.2, 0.25) is 11.8 Å². The molecular formula is C15H15NO4. The minimum absolute atomic E-state index is 0.0491. The van der Waals surface area contributed by atoms with Gasteiger partial charge in [-0.2, -0.15) is 0 Å². The molecule has 1 aliphatic heterocycles. The lowest BCUT2D eigenvalue weighted by Gasteiger charge is -2.24. The average molecular weight is 273 g/mol. The lowest BCUT2D eigenvalue weighted by molar-refractivity contribution is -0.137. The van der Waals surface area contributed by atoms with E-state index in [4.69, 9.17) is 4.74 Å². The van der Waals surface area contributed by atoms with Crippen LogP contribution in [0.25, 0.3) is 0 Å². The van der Waals surface area contributed by atoms with E-state index in [1.165, 1.54) is 7.11 Å². The fraction of sp³-hybridized carbons (Fsp3) is 0.400. The van der Waals surface area contributed by atoms with Gasteiger partial charge in [0.05, 0.1) is 12.7 Å². The Bertz CT molecular complexity index is 608. The first-order valence-corrected chi connectivity index (χ1v) is 6.65. The van der Waals surface area contributed by atoms with Crippen LogP contribution in [0.4, 0.5) is 0 Å². The Labute approximate surface area is 116 Å². The first-order chi connectivity index (χ1) is 9.61. The van der Waals surface area contributed by atoms with E-state index in [-0.39, 0.29) is 23.5 Å². The number of piperidine rings is 1. The number of hydrogen-bond donors (Lipinski definition) is 1. The van der Waals surface area contributed by atoms with Crippen molar-refractivity contribution >= 4 is 17.6 Å². The van der Waals surface area contributed by atoms with E-state index < -0.39 is 5.92 Å². The second-order valence-electron chi connectivity index (χ2n) is 5.23. The van der Waals surface area contributed by atoms with E-state index in [2.05, 4.69) is 5.32 Å². The van der Waals surface area contributed by atoms with Crippen LogP contribution in [-0.2, 0) is 16.0 Å². The van der Waals surface area contributed by atoms with Crippen molar-refractivity contribution in [3.63, 3.8) is 0 Å². The van der Waals surface area contributed by atoms with Crippen LogP contribution in [0.15, 0.2) is 18.2 Å². The number of carbonyl (C=O) groups excluding carboxylic acids is 3. The van der Waals surface area contributed by atoms with Gasteiger partial charge < -0.3 is 4.74 Å². The van der Waals surface area contributed by atoms with Gasteiger partial charge in [-0.05, 0) is 24.5 Å². The van der Waals surface area contributed by atoms with Gasteiger partial charge in [-0.15, -0.1) is 0 Å².